The quantitative estimate of drug-likeness (QED) is 0.731. The van der Waals surface area contributed by atoms with Crippen molar-refractivity contribution in [2.45, 2.75) is 46.0 Å². The van der Waals surface area contributed by atoms with Crippen LogP contribution >= 0.6 is 0 Å². The summed E-state index contributed by atoms with van der Waals surface area (Å²) >= 11 is 0. The molecule has 1 rings (SSSR count). The zero-order chi connectivity index (χ0) is 9.52. The monoisotopic (exact) mass is 182 g/mol. The zero-order valence-electron chi connectivity index (χ0n) is 8.45. The third-order valence-corrected chi connectivity index (χ3v) is 2.30. The number of aryl methyl sites for hydroxylation is 1. The first-order chi connectivity index (χ1) is 6.33. The predicted molar refractivity (Wildman–Crippen MR) is 51.2 cm³/mol. The molecule has 0 aliphatic heterocycles. The number of hydrogen-bond donors (Lipinski definition) is 1. The van der Waals surface area contributed by atoms with Crippen LogP contribution in [0.25, 0.3) is 0 Å². The lowest BCUT2D eigenvalue weighted by molar-refractivity contribution is 0.467. The van der Waals surface area contributed by atoms with E-state index in [9.17, 15) is 0 Å². The molecule has 0 amide bonds. The fourth-order valence-corrected chi connectivity index (χ4v) is 1.36. The maximum atomic E-state index is 3.92. The SMILES string of the molecule is CCCC[C@H](C)CCc1nn[nH]n1. The van der Waals surface area contributed by atoms with E-state index in [1.807, 2.05) is 0 Å². The summed E-state index contributed by atoms with van der Waals surface area (Å²) in [6.07, 6.45) is 6.04. The number of nitrogens with zero attached hydrogens (tertiary/aromatic N) is 3. The molecular weight excluding hydrogens is 164 g/mol. The molecule has 1 aromatic heterocycles. The Hall–Kier alpha value is -0.930. The Kier molecular flexibility index (Phi) is 4.43. The van der Waals surface area contributed by atoms with Gasteiger partial charge in [-0.1, -0.05) is 38.3 Å². The number of nitrogens with one attached hydrogen (secondary N) is 1. The molecule has 13 heavy (non-hydrogen) atoms. The Labute approximate surface area is 79.1 Å². The van der Waals surface area contributed by atoms with Gasteiger partial charge in [0.25, 0.3) is 0 Å². The maximum absolute atomic E-state index is 3.92. The van der Waals surface area contributed by atoms with Crippen molar-refractivity contribution in [1.82, 2.24) is 20.6 Å². The molecule has 0 unspecified atom stereocenters. The van der Waals surface area contributed by atoms with E-state index in [2.05, 4.69) is 34.5 Å². The molecule has 0 aromatic carbocycles. The Morgan fingerprint density at radius 1 is 1.38 bits per heavy atom. The largest absolute Gasteiger partial charge is 0.177 e. The van der Waals surface area contributed by atoms with Gasteiger partial charge in [0.05, 0.1) is 0 Å². The second-order valence-corrected chi connectivity index (χ2v) is 3.61. The van der Waals surface area contributed by atoms with Crippen LogP contribution in [0.15, 0.2) is 0 Å². The van der Waals surface area contributed by atoms with Crippen LogP contribution in [-0.4, -0.2) is 20.6 Å². The summed E-state index contributed by atoms with van der Waals surface area (Å²) in [6, 6.07) is 0. The van der Waals surface area contributed by atoms with Gasteiger partial charge in [0, 0.05) is 6.42 Å². The summed E-state index contributed by atoms with van der Waals surface area (Å²) in [5.74, 6) is 1.61. The van der Waals surface area contributed by atoms with Gasteiger partial charge in [0.1, 0.15) is 0 Å². The van der Waals surface area contributed by atoms with Gasteiger partial charge in [-0.25, -0.2) is 0 Å². The van der Waals surface area contributed by atoms with Crippen molar-refractivity contribution in [2.75, 3.05) is 0 Å². The highest BCUT2D eigenvalue weighted by atomic mass is 15.5. The van der Waals surface area contributed by atoms with E-state index in [1.165, 1.54) is 25.7 Å². The summed E-state index contributed by atoms with van der Waals surface area (Å²) in [4.78, 5) is 0. The molecule has 0 radical (unpaired) electrons. The summed E-state index contributed by atoms with van der Waals surface area (Å²) in [6.45, 7) is 4.52. The second kappa shape index (κ2) is 5.67. The minimum absolute atomic E-state index is 0.776. The van der Waals surface area contributed by atoms with E-state index >= 15 is 0 Å². The van der Waals surface area contributed by atoms with Gasteiger partial charge in [-0.3, -0.25) is 0 Å². The van der Waals surface area contributed by atoms with Crippen LogP contribution in [-0.2, 0) is 6.42 Å². The van der Waals surface area contributed by atoms with Crippen molar-refractivity contribution in [1.29, 1.82) is 0 Å². The molecule has 0 aliphatic carbocycles. The van der Waals surface area contributed by atoms with Crippen molar-refractivity contribution >= 4 is 0 Å². The lowest BCUT2D eigenvalue weighted by Gasteiger charge is -2.07. The summed E-state index contributed by atoms with van der Waals surface area (Å²) in [7, 11) is 0. The third kappa shape index (κ3) is 4.01. The van der Waals surface area contributed by atoms with Crippen LogP contribution in [0.3, 0.4) is 0 Å². The molecule has 1 N–H and O–H groups in total. The number of H-pyrrole nitrogens is 1. The van der Waals surface area contributed by atoms with Gasteiger partial charge in [0.15, 0.2) is 5.82 Å². The first-order valence-corrected chi connectivity index (χ1v) is 5.05. The number of aromatic nitrogens is 4. The van der Waals surface area contributed by atoms with Crippen LogP contribution < -0.4 is 0 Å². The van der Waals surface area contributed by atoms with E-state index in [0.717, 1.165) is 18.2 Å². The Morgan fingerprint density at radius 3 is 2.85 bits per heavy atom. The number of tetrazole rings is 1. The predicted octanol–water partition coefficient (Wildman–Crippen LogP) is 1.96. The van der Waals surface area contributed by atoms with Crippen LogP contribution in [0, 0.1) is 5.92 Å². The number of aromatic amines is 1. The normalized spacial score (nSPS) is 13.1. The lowest BCUT2D eigenvalue weighted by atomic mass is 9.99. The average Bonchev–Trinajstić information content (AvgIpc) is 2.64. The fraction of sp³-hybridized carbons (Fsp3) is 0.889. The highest BCUT2D eigenvalue weighted by Gasteiger charge is 2.04. The highest BCUT2D eigenvalue weighted by molar-refractivity contribution is 4.76. The molecule has 0 saturated heterocycles. The third-order valence-electron chi connectivity index (χ3n) is 2.30. The van der Waals surface area contributed by atoms with E-state index in [0.29, 0.717) is 0 Å². The van der Waals surface area contributed by atoms with Crippen molar-refractivity contribution in [3.8, 4) is 0 Å². The summed E-state index contributed by atoms with van der Waals surface area (Å²) < 4.78 is 0. The number of unbranched alkanes of at least 4 members (excludes halogenated alkanes) is 1. The van der Waals surface area contributed by atoms with E-state index < -0.39 is 0 Å². The van der Waals surface area contributed by atoms with Crippen LogP contribution in [0.1, 0.15) is 45.4 Å². The number of hydrogen-bond acceptors (Lipinski definition) is 3. The summed E-state index contributed by atoms with van der Waals surface area (Å²) in [5.41, 5.74) is 0. The van der Waals surface area contributed by atoms with Crippen molar-refractivity contribution < 1.29 is 0 Å². The molecule has 4 nitrogen and oxygen atoms in total. The van der Waals surface area contributed by atoms with Crippen molar-refractivity contribution in [3.05, 3.63) is 5.82 Å². The van der Waals surface area contributed by atoms with Crippen molar-refractivity contribution in [3.63, 3.8) is 0 Å². The van der Waals surface area contributed by atoms with E-state index in [1.54, 1.807) is 0 Å². The van der Waals surface area contributed by atoms with E-state index in [4.69, 9.17) is 0 Å². The fourth-order valence-electron chi connectivity index (χ4n) is 1.36. The first kappa shape index (κ1) is 10.2. The second-order valence-electron chi connectivity index (χ2n) is 3.61. The Bertz CT molecular complexity index is 207. The van der Waals surface area contributed by atoms with Crippen molar-refractivity contribution in [2.24, 2.45) is 5.92 Å². The topological polar surface area (TPSA) is 54.5 Å². The minimum atomic E-state index is 0.776. The molecule has 0 saturated carbocycles. The van der Waals surface area contributed by atoms with Crippen LogP contribution in [0.4, 0.5) is 0 Å². The molecule has 0 spiro atoms. The molecule has 1 atom stereocenters. The smallest absolute Gasteiger partial charge is 0.174 e. The zero-order valence-corrected chi connectivity index (χ0v) is 8.45. The van der Waals surface area contributed by atoms with Gasteiger partial charge in [-0.05, 0) is 12.3 Å². The number of rotatable bonds is 6. The first-order valence-electron chi connectivity index (χ1n) is 5.05. The Morgan fingerprint density at radius 2 is 2.23 bits per heavy atom. The van der Waals surface area contributed by atoms with Gasteiger partial charge in [-0.15, -0.1) is 10.2 Å². The van der Waals surface area contributed by atoms with Gasteiger partial charge in [-0.2, -0.15) is 5.21 Å². The van der Waals surface area contributed by atoms with Gasteiger partial charge in [0.2, 0.25) is 0 Å². The minimum Gasteiger partial charge on any atom is -0.177 e. The molecule has 74 valence electrons. The molecule has 0 aliphatic rings. The lowest BCUT2D eigenvalue weighted by Crippen LogP contribution is -1.98. The average molecular weight is 182 g/mol. The molecule has 4 heteroatoms. The molecule has 0 fully saturated rings. The maximum Gasteiger partial charge on any atom is 0.174 e. The molecular formula is C9H18N4. The van der Waals surface area contributed by atoms with E-state index in [-0.39, 0.29) is 0 Å². The molecule has 1 heterocycles. The standard InChI is InChI=1S/C9H18N4/c1-3-4-5-8(2)6-7-9-10-12-13-11-9/h8H,3-7H2,1-2H3,(H,10,11,12,13)/t8-/m0/s1. The molecule has 0 bridgehead atoms. The highest BCUT2D eigenvalue weighted by Crippen LogP contribution is 2.13. The molecule has 1 aromatic rings. The Balaban J connectivity index is 2.11. The van der Waals surface area contributed by atoms with Gasteiger partial charge >= 0.3 is 0 Å². The summed E-state index contributed by atoms with van der Waals surface area (Å²) in [5, 5.41) is 13.8. The van der Waals surface area contributed by atoms with Crippen LogP contribution in [0.2, 0.25) is 0 Å². The van der Waals surface area contributed by atoms with Crippen LogP contribution in [0.5, 0.6) is 0 Å². The van der Waals surface area contributed by atoms with Gasteiger partial charge < -0.3 is 0 Å².